The molecule has 0 saturated carbocycles. The minimum atomic E-state index is -1.17. The monoisotopic (exact) mass is 366 g/mol. The predicted octanol–water partition coefficient (Wildman–Crippen LogP) is 3.15. The van der Waals surface area contributed by atoms with Gasteiger partial charge in [0.2, 0.25) is 0 Å². The van der Waals surface area contributed by atoms with Gasteiger partial charge in [0.15, 0.2) is 6.67 Å². The Kier molecular flexibility index (Phi) is 4.39. The molecular weight excluding hydrogens is 347 g/mol. The lowest BCUT2D eigenvalue weighted by molar-refractivity contribution is -0.155. The number of nitrogens with one attached hydrogen (secondary N) is 1. The molecule has 27 heavy (non-hydrogen) atoms. The quantitative estimate of drug-likeness (QED) is 0.725. The fourth-order valence-electron chi connectivity index (χ4n) is 3.97. The number of aromatic amines is 1. The van der Waals surface area contributed by atoms with Crippen LogP contribution in [0.25, 0.3) is 10.9 Å². The molecule has 2 unspecified atom stereocenters. The lowest BCUT2D eigenvalue weighted by Gasteiger charge is -2.40. The van der Waals surface area contributed by atoms with Crippen LogP contribution in [0.2, 0.25) is 0 Å². The van der Waals surface area contributed by atoms with Crippen molar-refractivity contribution in [1.82, 2.24) is 9.88 Å². The largest absolute Gasteiger partial charge is 0.467 e. The fourth-order valence-corrected chi connectivity index (χ4v) is 3.97. The van der Waals surface area contributed by atoms with Crippen molar-refractivity contribution in [3.8, 4) is 0 Å². The zero-order valence-corrected chi connectivity index (χ0v) is 14.8. The molecule has 1 aromatic heterocycles. The van der Waals surface area contributed by atoms with Crippen molar-refractivity contribution in [3.63, 3.8) is 0 Å². The Balaban J connectivity index is 1.98. The summed E-state index contributed by atoms with van der Waals surface area (Å²) < 4.78 is 18.4. The van der Waals surface area contributed by atoms with Crippen molar-refractivity contribution in [2.75, 3.05) is 13.8 Å². The molecule has 1 N–H and O–H groups in total. The van der Waals surface area contributed by atoms with E-state index in [1.807, 2.05) is 54.6 Å². The highest BCUT2D eigenvalue weighted by atomic mass is 19.1. The van der Waals surface area contributed by atoms with Gasteiger partial charge in [0.05, 0.1) is 13.2 Å². The summed E-state index contributed by atoms with van der Waals surface area (Å²) in [5, 5.41) is 0.995. The van der Waals surface area contributed by atoms with Crippen molar-refractivity contribution in [2.45, 2.75) is 18.5 Å². The van der Waals surface area contributed by atoms with Gasteiger partial charge in [-0.2, -0.15) is 0 Å². The summed E-state index contributed by atoms with van der Waals surface area (Å²) in [6.45, 7) is -1.17. The number of rotatable bonds is 3. The van der Waals surface area contributed by atoms with Gasteiger partial charge in [0.25, 0.3) is 5.91 Å². The average Bonchev–Trinajstić information content (AvgIpc) is 3.10. The summed E-state index contributed by atoms with van der Waals surface area (Å²) in [6, 6.07) is 15.6. The molecule has 0 fully saturated rings. The molecule has 2 aromatic carbocycles. The number of methoxy groups -OCH3 is 1. The van der Waals surface area contributed by atoms with Crippen LogP contribution in [0.5, 0.6) is 0 Å². The van der Waals surface area contributed by atoms with Crippen LogP contribution in [0.1, 0.15) is 22.9 Å². The van der Waals surface area contributed by atoms with Gasteiger partial charge in [-0.1, -0.05) is 48.5 Å². The van der Waals surface area contributed by atoms with Crippen molar-refractivity contribution in [3.05, 3.63) is 71.4 Å². The highest BCUT2D eigenvalue weighted by Crippen LogP contribution is 2.41. The number of amides is 1. The summed E-state index contributed by atoms with van der Waals surface area (Å²) in [5.41, 5.74) is 3.49. The smallest absolute Gasteiger partial charge is 0.328 e. The number of benzene rings is 2. The SMILES string of the molecule is COC(=O)C1Cc2c([nH]c3ccccc23)C(c2ccccc2)N1C(=O)CF. The third-order valence-corrected chi connectivity index (χ3v) is 5.12. The molecule has 0 bridgehead atoms. The maximum atomic E-state index is 13.4. The topological polar surface area (TPSA) is 62.4 Å². The van der Waals surface area contributed by atoms with Crippen LogP contribution in [0.4, 0.5) is 4.39 Å². The first kappa shape index (κ1) is 17.3. The summed E-state index contributed by atoms with van der Waals surface area (Å²) in [6.07, 6.45) is 0.279. The molecule has 138 valence electrons. The van der Waals surface area contributed by atoms with Crippen LogP contribution in [0, 0.1) is 0 Å². The van der Waals surface area contributed by atoms with Gasteiger partial charge in [0.1, 0.15) is 6.04 Å². The molecule has 0 spiro atoms. The van der Waals surface area contributed by atoms with Crippen LogP contribution in [0.3, 0.4) is 0 Å². The summed E-state index contributed by atoms with van der Waals surface area (Å²) in [7, 11) is 1.28. The van der Waals surface area contributed by atoms with Crippen molar-refractivity contribution in [2.24, 2.45) is 0 Å². The van der Waals surface area contributed by atoms with E-state index in [1.54, 1.807) is 0 Å². The van der Waals surface area contributed by atoms with Gasteiger partial charge in [-0.05, 0) is 17.2 Å². The van der Waals surface area contributed by atoms with Crippen molar-refractivity contribution < 1.29 is 18.7 Å². The number of halogens is 1. The third-order valence-electron chi connectivity index (χ3n) is 5.12. The Hall–Kier alpha value is -3.15. The molecular formula is C21H19FN2O3. The Labute approximate surface area is 155 Å². The third kappa shape index (κ3) is 2.77. The lowest BCUT2D eigenvalue weighted by Crippen LogP contribution is -2.52. The van der Waals surface area contributed by atoms with Gasteiger partial charge in [-0.15, -0.1) is 0 Å². The highest BCUT2D eigenvalue weighted by molar-refractivity contribution is 5.91. The minimum Gasteiger partial charge on any atom is -0.467 e. The van der Waals surface area contributed by atoms with Crippen LogP contribution in [0.15, 0.2) is 54.6 Å². The number of fused-ring (bicyclic) bond motifs is 3. The standard InChI is InChI=1S/C21H19FN2O3/c1-27-21(26)17-11-15-14-9-5-6-10-16(14)23-19(15)20(24(17)18(25)12-22)13-7-3-2-4-8-13/h2-10,17,20,23H,11-12H2,1H3. The zero-order valence-electron chi connectivity index (χ0n) is 14.8. The number of carbonyl (C=O) groups is 2. The second kappa shape index (κ2) is 6.87. The molecule has 6 heteroatoms. The van der Waals surface area contributed by atoms with Crippen molar-refractivity contribution >= 4 is 22.8 Å². The number of hydrogen-bond donors (Lipinski definition) is 1. The summed E-state index contributed by atoms with van der Waals surface area (Å²) in [5.74, 6) is -1.28. The molecule has 0 radical (unpaired) electrons. The zero-order chi connectivity index (χ0) is 19.0. The Bertz CT molecular complexity index is 999. The van der Waals surface area contributed by atoms with E-state index in [9.17, 15) is 14.0 Å². The van der Waals surface area contributed by atoms with E-state index in [0.29, 0.717) is 0 Å². The number of carbonyl (C=O) groups excluding carboxylic acids is 2. The normalized spacial score (nSPS) is 19.0. The van der Waals surface area contributed by atoms with E-state index in [0.717, 1.165) is 27.7 Å². The number of H-pyrrole nitrogens is 1. The first-order valence-electron chi connectivity index (χ1n) is 8.75. The van der Waals surface area contributed by atoms with Gasteiger partial charge in [-0.3, -0.25) is 4.79 Å². The Morgan fingerprint density at radius 1 is 1.15 bits per heavy atom. The van der Waals surface area contributed by atoms with Gasteiger partial charge >= 0.3 is 5.97 Å². The first-order chi connectivity index (χ1) is 13.2. The van der Waals surface area contributed by atoms with Crippen LogP contribution >= 0.6 is 0 Å². The highest BCUT2D eigenvalue weighted by Gasteiger charge is 2.43. The Morgan fingerprint density at radius 2 is 1.85 bits per heavy atom. The van der Waals surface area contributed by atoms with Crippen LogP contribution < -0.4 is 0 Å². The summed E-state index contributed by atoms with van der Waals surface area (Å²) >= 11 is 0. The van der Waals surface area contributed by atoms with Gasteiger partial charge in [0, 0.05) is 23.0 Å². The molecule has 0 saturated heterocycles. The van der Waals surface area contributed by atoms with E-state index in [-0.39, 0.29) is 6.42 Å². The first-order valence-corrected chi connectivity index (χ1v) is 8.75. The number of ether oxygens (including phenoxy) is 1. The lowest BCUT2D eigenvalue weighted by atomic mass is 9.88. The number of alkyl halides is 1. The molecule has 5 nitrogen and oxygen atoms in total. The predicted molar refractivity (Wildman–Crippen MR) is 98.9 cm³/mol. The molecule has 1 aliphatic rings. The van der Waals surface area contributed by atoms with E-state index >= 15 is 0 Å². The Morgan fingerprint density at radius 3 is 2.56 bits per heavy atom. The number of aromatic nitrogens is 1. The number of nitrogens with zero attached hydrogens (tertiary/aromatic N) is 1. The number of esters is 1. The van der Waals surface area contributed by atoms with E-state index in [4.69, 9.17) is 4.74 Å². The maximum absolute atomic E-state index is 13.4. The van der Waals surface area contributed by atoms with Crippen LogP contribution in [-0.4, -0.2) is 41.6 Å². The molecule has 1 aliphatic heterocycles. The average molecular weight is 366 g/mol. The molecule has 4 rings (SSSR count). The molecule has 3 aromatic rings. The molecule has 2 atom stereocenters. The second-order valence-corrected chi connectivity index (χ2v) is 6.55. The van der Waals surface area contributed by atoms with E-state index in [2.05, 4.69) is 4.98 Å². The maximum Gasteiger partial charge on any atom is 0.328 e. The fraction of sp³-hybridized carbons (Fsp3) is 0.238. The summed E-state index contributed by atoms with van der Waals surface area (Å²) in [4.78, 5) is 29.7. The number of hydrogen-bond acceptors (Lipinski definition) is 3. The van der Waals surface area contributed by atoms with E-state index < -0.39 is 30.6 Å². The molecule has 0 aliphatic carbocycles. The second-order valence-electron chi connectivity index (χ2n) is 6.55. The molecule has 1 amide bonds. The van der Waals surface area contributed by atoms with Crippen molar-refractivity contribution in [1.29, 1.82) is 0 Å². The molecule has 2 heterocycles. The number of para-hydroxylation sites is 1. The van der Waals surface area contributed by atoms with E-state index in [1.165, 1.54) is 12.0 Å². The van der Waals surface area contributed by atoms with Gasteiger partial charge in [-0.25, -0.2) is 9.18 Å². The van der Waals surface area contributed by atoms with Gasteiger partial charge < -0.3 is 14.6 Å². The minimum absolute atomic E-state index is 0.279. The van der Waals surface area contributed by atoms with Crippen LogP contribution in [-0.2, 0) is 20.7 Å².